The van der Waals surface area contributed by atoms with Gasteiger partial charge in [-0.1, -0.05) is 6.08 Å². The molecule has 2 aliphatic heterocycles. The maximum absolute atomic E-state index is 12.0. The highest BCUT2D eigenvalue weighted by atomic mass is 32.2. The van der Waals surface area contributed by atoms with Crippen molar-refractivity contribution in [1.82, 2.24) is 4.90 Å². The Hall–Kier alpha value is -0.600. The van der Waals surface area contributed by atoms with Crippen molar-refractivity contribution in [2.75, 3.05) is 11.8 Å². The van der Waals surface area contributed by atoms with E-state index < -0.39 is 28.1 Å². The Labute approximate surface area is 90.4 Å². The minimum absolute atomic E-state index is 0.344. The molecule has 2 aliphatic rings. The number of rotatable bonds is 3. The molecule has 0 saturated carbocycles. The lowest BCUT2D eigenvalue weighted by atomic mass is 10.1. The fourth-order valence-electron chi connectivity index (χ4n) is 1.37. The highest BCUT2D eigenvalue weighted by molar-refractivity contribution is 8.00. The van der Waals surface area contributed by atoms with Gasteiger partial charge in [-0.15, -0.1) is 11.8 Å². The molecule has 0 aliphatic carbocycles. The number of fused-ring (bicyclic) bond motifs is 1. The molecule has 0 bridgehead atoms. The summed E-state index contributed by atoms with van der Waals surface area (Å²) in [5.74, 6) is 0.240. The summed E-state index contributed by atoms with van der Waals surface area (Å²) in [6, 6.07) is -1.61. The molecular formula is C7H8FNO4S2. The van der Waals surface area contributed by atoms with E-state index >= 15 is 0 Å². The summed E-state index contributed by atoms with van der Waals surface area (Å²) >= 11 is 1.38. The number of hydrogen-bond donors (Lipinski definition) is 0. The van der Waals surface area contributed by atoms with Crippen LogP contribution in [0.1, 0.15) is 0 Å². The zero-order valence-corrected chi connectivity index (χ0v) is 9.13. The molecule has 0 aromatic carbocycles. The van der Waals surface area contributed by atoms with Crippen molar-refractivity contribution in [2.45, 2.75) is 11.5 Å². The van der Waals surface area contributed by atoms with Crippen molar-refractivity contribution in [2.24, 2.45) is 0 Å². The number of carbonyl (C=O) groups excluding carboxylic acids is 1. The maximum Gasteiger partial charge on any atom is 0.297 e. The van der Waals surface area contributed by atoms with Crippen LogP contribution in [0.3, 0.4) is 0 Å². The summed E-state index contributed by atoms with van der Waals surface area (Å²) in [6.07, 6.45) is 2.31. The molecule has 15 heavy (non-hydrogen) atoms. The Morgan fingerprint density at radius 1 is 1.67 bits per heavy atom. The van der Waals surface area contributed by atoms with Gasteiger partial charge in [0.2, 0.25) is 6.01 Å². The fourth-order valence-corrected chi connectivity index (χ4v) is 3.07. The van der Waals surface area contributed by atoms with Crippen LogP contribution in [0.15, 0.2) is 12.3 Å². The number of nitrogens with zero attached hydrogens (tertiary/aromatic N) is 1. The van der Waals surface area contributed by atoms with Crippen LogP contribution in [0.2, 0.25) is 0 Å². The van der Waals surface area contributed by atoms with Crippen LogP contribution >= 0.6 is 11.8 Å². The summed E-state index contributed by atoms with van der Waals surface area (Å²) in [5, 5.41) is -0.344. The Balaban J connectivity index is 2.07. The second kappa shape index (κ2) is 3.76. The predicted molar refractivity (Wildman–Crippen MR) is 52.0 cm³/mol. The first-order valence-electron chi connectivity index (χ1n) is 4.12. The summed E-state index contributed by atoms with van der Waals surface area (Å²) < 4.78 is 38.1. The number of β-lactam (4-membered cyclic amide) rings is 1. The third-order valence-corrected chi connectivity index (χ3v) is 4.01. The third-order valence-electron chi connectivity index (χ3n) is 2.04. The summed E-state index contributed by atoms with van der Waals surface area (Å²) in [4.78, 5) is 12.7. The number of amides is 1. The predicted octanol–water partition coefficient (Wildman–Crippen LogP) is 0.0572. The zero-order valence-electron chi connectivity index (χ0n) is 7.50. The van der Waals surface area contributed by atoms with Gasteiger partial charge in [0, 0.05) is 12.0 Å². The molecule has 1 saturated heterocycles. The van der Waals surface area contributed by atoms with Crippen molar-refractivity contribution < 1.29 is 21.8 Å². The lowest BCUT2D eigenvalue weighted by Crippen LogP contribution is -2.63. The van der Waals surface area contributed by atoms with E-state index in [9.17, 15) is 17.6 Å². The van der Waals surface area contributed by atoms with E-state index in [1.54, 1.807) is 12.3 Å². The smallest absolute Gasteiger partial charge is 0.297 e. The van der Waals surface area contributed by atoms with Crippen LogP contribution in [0.25, 0.3) is 0 Å². The van der Waals surface area contributed by atoms with Crippen LogP contribution in [0.5, 0.6) is 0 Å². The average Bonchev–Trinajstić information content (AvgIpc) is 2.26. The quantitative estimate of drug-likeness (QED) is 0.525. The Morgan fingerprint density at radius 3 is 3.07 bits per heavy atom. The van der Waals surface area contributed by atoms with Crippen molar-refractivity contribution in [3.05, 3.63) is 12.3 Å². The van der Waals surface area contributed by atoms with Crippen LogP contribution in [0, 0.1) is 0 Å². The van der Waals surface area contributed by atoms with E-state index in [-0.39, 0.29) is 5.37 Å². The summed E-state index contributed by atoms with van der Waals surface area (Å²) in [6.45, 7) is 0. The van der Waals surface area contributed by atoms with Crippen molar-refractivity contribution in [3.8, 4) is 0 Å². The van der Waals surface area contributed by atoms with Gasteiger partial charge in [0.05, 0.1) is 0 Å². The van der Waals surface area contributed by atoms with Crippen molar-refractivity contribution >= 4 is 27.8 Å². The molecule has 0 spiro atoms. The number of halogens is 1. The van der Waals surface area contributed by atoms with Gasteiger partial charge in [0.15, 0.2) is 6.10 Å². The van der Waals surface area contributed by atoms with Gasteiger partial charge in [-0.3, -0.25) is 8.98 Å². The van der Waals surface area contributed by atoms with Gasteiger partial charge in [0.1, 0.15) is 5.37 Å². The molecule has 5 nitrogen and oxygen atoms in total. The molecule has 0 aromatic heterocycles. The van der Waals surface area contributed by atoms with E-state index in [0.717, 1.165) is 0 Å². The van der Waals surface area contributed by atoms with E-state index in [0.29, 0.717) is 5.75 Å². The van der Waals surface area contributed by atoms with Gasteiger partial charge >= 0.3 is 0 Å². The first kappa shape index (κ1) is 10.9. The zero-order chi connectivity index (χ0) is 11.1. The van der Waals surface area contributed by atoms with Crippen LogP contribution < -0.4 is 0 Å². The molecule has 1 amide bonds. The van der Waals surface area contributed by atoms with Gasteiger partial charge in [0.25, 0.3) is 16.0 Å². The highest BCUT2D eigenvalue weighted by Gasteiger charge is 2.50. The second-order valence-electron chi connectivity index (χ2n) is 3.04. The third kappa shape index (κ3) is 1.88. The Bertz CT molecular complexity index is 407. The van der Waals surface area contributed by atoms with Crippen LogP contribution in [-0.4, -0.2) is 42.5 Å². The topological polar surface area (TPSA) is 63.7 Å². The average molecular weight is 253 g/mol. The van der Waals surface area contributed by atoms with Gasteiger partial charge in [-0.2, -0.15) is 8.42 Å². The van der Waals surface area contributed by atoms with Crippen molar-refractivity contribution in [1.29, 1.82) is 0 Å². The Morgan fingerprint density at radius 2 is 2.40 bits per heavy atom. The lowest BCUT2D eigenvalue weighted by Gasteiger charge is -2.44. The minimum atomic E-state index is -4.21. The number of alkyl halides is 1. The summed E-state index contributed by atoms with van der Waals surface area (Å²) in [5.41, 5.74) is 0. The van der Waals surface area contributed by atoms with E-state index in [4.69, 9.17) is 0 Å². The largest absolute Gasteiger partial charge is 0.301 e. The van der Waals surface area contributed by atoms with Gasteiger partial charge < -0.3 is 4.90 Å². The summed E-state index contributed by atoms with van der Waals surface area (Å²) in [7, 11) is -4.21. The Kier molecular flexibility index (Phi) is 2.73. The fraction of sp³-hybridized carbons (Fsp3) is 0.571. The first-order valence-corrected chi connectivity index (χ1v) is 6.75. The van der Waals surface area contributed by atoms with Gasteiger partial charge in [-0.05, 0) is 0 Å². The molecule has 2 atom stereocenters. The molecule has 0 N–H and O–H groups in total. The van der Waals surface area contributed by atoms with Crippen LogP contribution in [0.4, 0.5) is 4.39 Å². The molecular weight excluding hydrogens is 245 g/mol. The first-order chi connectivity index (χ1) is 7.05. The van der Waals surface area contributed by atoms with Crippen molar-refractivity contribution in [3.63, 3.8) is 0 Å². The molecule has 8 heteroatoms. The molecule has 2 heterocycles. The van der Waals surface area contributed by atoms with E-state index in [1.165, 1.54) is 16.7 Å². The number of carbonyl (C=O) groups is 1. The molecule has 1 fully saturated rings. The standard InChI is InChI=1S/C7H8FNO4S2/c8-4-15(11,12)13-5-6(10)9-2-1-3-14-7(5)9/h1-2,5,7H,3-4H2/t5?,7-/m0/s1. The van der Waals surface area contributed by atoms with E-state index in [1.807, 2.05) is 0 Å². The normalized spacial score (nSPS) is 29.9. The minimum Gasteiger partial charge on any atom is -0.301 e. The number of thioether (sulfide) groups is 1. The lowest BCUT2D eigenvalue weighted by molar-refractivity contribution is -0.150. The van der Waals surface area contributed by atoms with Crippen LogP contribution in [-0.2, 0) is 19.1 Å². The van der Waals surface area contributed by atoms with E-state index in [2.05, 4.69) is 4.18 Å². The number of hydrogen-bond acceptors (Lipinski definition) is 5. The maximum atomic E-state index is 12.0. The molecule has 2 rings (SSSR count). The highest BCUT2D eigenvalue weighted by Crippen LogP contribution is 2.36. The van der Waals surface area contributed by atoms with Gasteiger partial charge in [-0.25, -0.2) is 4.39 Å². The second-order valence-corrected chi connectivity index (χ2v) is 5.71. The monoisotopic (exact) mass is 253 g/mol. The molecule has 0 radical (unpaired) electrons. The molecule has 84 valence electrons. The molecule has 1 unspecified atom stereocenters. The SMILES string of the molecule is O=C1C(OS(=O)(=O)CF)[C@@H]2SCC=CN12. The molecule has 0 aromatic rings.